The zero-order valence-corrected chi connectivity index (χ0v) is 12.8. The number of hydrogen-bond acceptors (Lipinski definition) is 5. The Bertz CT molecular complexity index is 756. The van der Waals surface area contributed by atoms with Gasteiger partial charge in [-0.2, -0.15) is 0 Å². The van der Waals surface area contributed by atoms with Gasteiger partial charge in [-0.05, 0) is 30.7 Å². The molecule has 0 radical (unpaired) electrons. The van der Waals surface area contributed by atoms with Crippen LogP contribution >= 0.6 is 0 Å². The number of aryl methyl sites for hydroxylation is 1. The fraction of sp³-hybridized carbons (Fsp3) is 0.333. The largest absolute Gasteiger partial charge is 0.320 e. The summed E-state index contributed by atoms with van der Waals surface area (Å²) in [5.41, 5.74) is 6.94. The summed E-state index contributed by atoms with van der Waals surface area (Å²) in [6.07, 6.45) is 0.866. The maximum atomic E-state index is 11.7. The number of nitrogens with one attached hydrogen (secondary N) is 1. The molecule has 0 aliphatic heterocycles. The molecule has 20 heavy (non-hydrogen) atoms. The van der Waals surface area contributed by atoms with E-state index in [2.05, 4.69) is 16.6 Å². The van der Waals surface area contributed by atoms with Crippen molar-refractivity contribution < 1.29 is 16.8 Å². The molecule has 1 aromatic carbocycles. The number of sulfone groups is 1. The molecule has 8 heteroatoms. The number of hydrogen-bond donors (Lipinski definition) is 2. The minimum Gasteiger partial charge on any atom is -0.320 e. The average molecular weight is 316 g/mol. The molecular weight excluding hydrogens is 300 g/mol. The number of anilines is 1. The molecule has 0 bridgehead atoms. The third-order valence-corrected chi connectivity index (χ3v) is 5.68. The molecule has 0 atom stereocenters. The summed E-state index contributed by atoms with van der Waals surface area (Å²) in [5, 5.41) is -0.950. The zero-order chi connectivity index (χ0) is 15.4. The SMILES string of the molecule is Cc1cc(C#CCN)ccc1NS(=O)(=O)CS(C)(=O)=O. The van der Waals surface area contributed by atoms with Crippen molar-refractivity contribution in [3.8, 4) is 11.8 Å². The minimum absolute atomic E-state index is 0.238. The number of benzene rings is 1. The third-order valence-electron chi connectivity index (χ3n) is 2.20. The van der Waals surface area contributed by atoms with Crippen molar-refractivity contribution in [2.45, 2.75) is 6.92 Å². The quantitative estimate of drug-likeness (QED) is 0.763. The van der Waals surface area contributed by atoms with Crippen LogP contribution < -0.4 is 10.5 Å². The molecule has 0 heterocycles. The van der Waals surface area contributed by atoms with Crippen LogP contribution in [0.3, 0.4) is 0 Å². The summed E-state index contributed by atoms with van der Waals surface area (Å²) in [7, 11) is -7.56. The summed E-state index contributed by atoms with van der Waals surface area (Å²) in [6.45, 7) is 1.94. The summed E-state index contributed by atoms with van der Waals surface area (Å²) in [6, 6.07) is 4.87. The van der Waals surface area contributed by atoms with Crippen LogP contribution in [0.5, 0.6) is 0 Å². The van der Waals surface area contributed by atoms with Gasteiger partial charge in [0, 0.05) is 11.8 Å². The van der Waals surface area contributed by atoms with Crippen molar-refractivity contribution in [2.75, 3.05) is 22.6 Å². The molecule has 1 rings (SSSR count). The van der Waals surface area contributed by atoms with Gasteiger partial charge in [-0.3, -0.25) is 4.72 Å². The van der Waals surface area contributed by atoms with Crippen LogP contribution in [-0.2, 0) is 19.9 Å². The van der Waals surface area contributed by atoms with Gasteiger partial charge < -0.3 is 5.73 Å². The number of nitrogens with two attached hydrogens (primary N) is 1. The molecule has 1 aromatic rings. The first-order chi connectivity index (χ1) is 9.13. The minimum atomic E-state index is -3.94. The van der Waals surface area contributed by atoms with Crippen LogP contribution in [-0.4, -0.2) is 34.7 Å². The van der Waals surface area contributed by atoms with Gasteiger partial charge in [0.05, 0.1) is 12.2 Å². The second kappa shape index (κ2) is 6.26. The van der Waals surface area contributed by atoms with Gasteiger partial charge in [-0.25, -0.2) is 16.8 Å². The molecule has 0 saturated heterocycles. The first kappa shape index (κ1) is 16.5. The van der Waals surface area contributed by atoms with Gasteiger partial charge in [-0.1, -0.05) is 11.8 Å². The van der Waals surface area contributed by atoms with Gasteiger partial charge in [0.25, 0.3) is 0 Å². The van der Waals surface area contributed by atoms with Crippen LogP contribution in [0.15, 0.2) is 18.2 Å². The van der Waals surface area contributed by atoms with Gasteiger partial charge >= 0.3 is 0 Å². The molecule has 0 unspecified atom stereocenters. The molecule has 0 aliphatic carbocycles. The Morgan fingerprint density at radius 2 is 1.90 bits per heavy atom. The standard InChI is InChI=1S/C12H16N2O4S2/c1-10-8-11(4-3-7-13)5-6-12(10)14-20(17,18)9-19(2,15)16/h5-6,8,14H,7,9,13H2,1-2H3. The van der Waals surface area contributed by atoms with Crippen molar-refractivity contribution in [3.05, 3.63) is 29.3 Å². The van der Waals surface area contributed by atoms with Crippen LogP contribution in [0.2, 0.25) is 0 Å². The highest BCUT2D eigenvalue weighted by molar-refractivity contribution is 8.08. The highest BCUT2D eigenvalue weighted by Crippen LogP contribution is 2.18. The lowest BCUT2D eigenvalue weighted by Crippen LogP contribution is -2.22. The third kappa shape index (κ3) is 5.61. The van der Waals surface area contributed by atoms with E-state index in [4.69, 9.17) is 5.73 Å². The van der Waals surface area contributed by atoms with E-state index in [-0.39, 0.29) is 6.54 Å². The van der Waals surface area contributed by atoms with E-state index in [9.17, 15) is 16.8 Å². The van der Waals surface area contributed by atoms with Crippen molar-refractivity contribution in [2.24, 2.45) is 5.73 Å². The fourth-order valence-electron chi connectivity index (χ4n) is 1.49. The van der Waals surface area contributed by atoms with Gasteiger partial charge in [0.15, 0.2) is 14.9 Å². The Morgan fingerprint density at radius 3 is 2.40 bits per heavy atom. The Kier molecular flexibility index (Phi) is 5.16. The maximum absolute atomic E-state index is 11.7. The molecule has 3 N–H and O–H groups in total. The smallest absolute Gasteiger partial charge is 0.247 e. The molecule has 0 aromatic heterocycles. The lowest BCUT2D eigenvalue weighted by molar-refractivity contribution is 0.595. The van der Waals surface area contributed by atoms with Crippen molar-refractivity contribution >= 4 is 25.5 Å². The Labute approximate surface area is 119 Å². The van der Waals surface area contributed by atoms with Crippen LogP contribution in [0.4, 0.5) is 5.69 Å². The van der Waals surface area contributed by atoms with E-state index in [0.29, 0.717) is 16.8 Å². The monoisotopic (exact) mass is 316 g/mol. The second-order valence-corrected chi connectivity index (χ2v) is 8.52. The molecule has 6 nitrogen and oxygen atoms in total. The van der Waals surface area contributed by atoms with E-state index >= 15 is 0 Å². The van der Waals surface area contributed by atoms with E-state index in [0.717, 1.165) is 6.26 Å². The topological polar surface area (TPSA) is 106 Å². The van der Waals surface area contributed by atoms with Crippen LogP contribution in [0, 0.1) is 18.8 Å². The maximum Gasteiger partial charge on any atom is 0.247 e. The molecule has 0 fully saturated rings. The predicted octanol–water partition coefficient (Wildman–Crippen LogP) is 0.0490. The highest BCUT2D eigenvalue weighted by atomic mass is 32.3. The van der Waals surface area contributed by atoms with E-state index in [1.165, 1.54) is 6.07 Å². The number of sulfonamides is 1. The average Bonchev–Trinajstić information content (AvgIpc) is 2.26. The van der Waals surface area contributed by atoms with Gasteiger partial charge in [0.2, 0.25) is 10.0 Å². The molecule has 0 saturated carbocycles. The molecular formula is C12H16N2O4S2. The fourth-order valence-corrected chi connectivity index (χ4v) is 4.54. The van der Waals surface area contributed by atoms with Crippen molar-refractivity contribution in [1.29, 1.82) is 0 Å². The predicted molar refractivity (Wildman–Crippen MR) is 79.4 cm³/mol. The van der Waals surface area contributed by atoms with Crippen LogP contribution in [0.1, 0.15) is 11.1 Å². The highest BCUT2D eigenvalue weighted by Gasteiger charge is 2.18. The first-order valence-electron chi connectivity index (χ1n) is 5.61. The molecule has 110 valence electrons. The zero-order valence-electron chi connectivity index (χ0n) is 11.2. The summed E-state index contributed by atoms with van der Waals surface area (Å²) >= 11 is 0. The van der Waals surface area contributed by atoms with Gasteiger partial charge in [0.1, 0.15) is 0 Å². The first-order valence-corrected chi connectivity index (χ1v) is 9.32. The van der Waals surface area contributed by atoms with Gasteiger partial charge in [-0.15, -0.1) is 0 Å². The number of rotatable bonds is 4. The van der Waals surface area contributed by atoms with Crippen molar-refractivity contribution in [1.82, 2.24) is 0 Å². The lowest BCUT2D eigenvalue weighted by atomic mass is 10.1. The summed E-state index contributed by atoms with van der Waals surface area (Å²) in [4.78, 5) is 0. The van der Waals surface area contributed by atoms with Crippen LogP contribution in [0.25, 0.3) is 0 Å². The molecule has 0 spiro atoms. The molecule has 0 amide bonds. The van der Waals surface area contributed by atoms with E-state index < -0.39 is 24.9 Å². The van der Waals surface area contributed by atoms with Crippen molar-refractivity contribution in [3.63, 3.8) is 0 Å². The Morgan fingerprint density at radius 1 is 1.25 bits per heavy atom. The Hall–Kier alpha value is -1.56. The van der Waals surface area contributed by atoms with E-state index in [1.54, 1.807) is 19.1 Å². The summed E-state index contributed by atoms with van der Waals surface area (Å²) in [5.74, 6) is 5.52. The second-order valence-electron chi connectivity index (χ2n) is 4.30. The lowest BCUT2D eigenvalue weighted by Gasteiger charge is -2.10. The van der Waals surface area contributed by atoms with E-state index in [1.807, 2.05) is 0 Å². The summed E-state index contributed by atoms with van der Waals surface area (Å²) < 4.78 is 47.7. The Balaban J connectivity index is 3.00. The normalized spacial score (nSPS) is 11.6. The molecule has 0 aliphatic rings.